The van der Waals surface area contributed by atoms with Gasteiger partial charge in [0.1, 0.15) is 32.7 Å². The molecule has 25 heavy (non-hydrogen) atoms. The number of quaternary nitrogens is 2. The molecule has 0 aromatic heterocycles. The largest absolute Gasteiger partial charge is 0.322 e. The summed E-state index contributed by atoms with van der Waals surface area (Å²) in [7, 11) is 0. The van der Waals surface area contributed by atoms with Crippen molar-refractivity contribution in [2.45, 2.75) is 19.5 Å². The van der Waals surface area contributed by atoms with E-state index in [1.165, 1.54) is 10.5 Å². The van der Waals surface area contributed by atoms with Gasteiger partial charge in [-0.05, 0) is 25.1 Å². The highest BCUT2D eigenvalue weighted by molar-refractivity contribution is 6.30. The molecule has 1 saturated heterocycles. The maximum atomic E-state index is 12.5. The SMILES string of the molecule is C[C@@H](C(=O)Nc1cccc(Cl)c1)[NH+]1CC[NH+](Cc2ccccc2)CC1. The molecular weight excluding hydrogens is 334 g/mol. The van der Waals surface area contributed by atoms with E-state index in [4.69, 9.17) is 11.6 Å². The summed E-state index contributed by atoms with van der Waals surface area (Å²) in [5.74, 6) is 0.0591. The van der Waals surface area contributed by atoms with Gasteiger partial charge in [0.05, 0.1) is 0 Å². The van der Waals surface area contributed by atoms with Crippen molar-refractivity contribution in [1.82, 2.24) is 0 Å². The topological polar surface area (TPSA) is 38.0 Å². The van der Waals surface area contributed by atoms with Gasteiger partial charge in [0.15, 0.2) is 6.04 Å². The molecule has 132 valence electrons. The number of benzene rings is 2. The normalized spacial score (nSPS) is 21.5. The molecule has 2 aromatic carbocycles. The fourth-order valence-corrected chi connectivity index (χ4v) is 3.61. The second kappa shape index (κ2) is 8.48. The molecule has 1 amide bonds. The molecule has 0 unspecified atom stereocenters. The summed E-state index contributed by atoms with van der Waals surface area (Å²) in [5.41, 5.74) is 2.14. The molecule has 0 aliphatic carbocycles. The summed E-state index contributed by atoms with van der Waals surface area (Å²) >= 11 is 5.98. The van der Waals surface area contributed by atoms with Crippen LogP contribution < -0.4 is 15.1 Å². The zero-order valence-electron chi connectivity index (χ0n) is 14.6. The van der Waals surface area contributed by atoms with E-state index < -0.39 is 0 Å². The first-order valence-electron chi connectivity index (χ1n) is 8.90. The van der Waals surface area contributed by atoms with E-state index in [0.717, 1.165) is 38.4 Å². The average Bonchev–Trinajstić information content (AvgIpc) is 2.62. The summed E-state index contributed by atoms with van der Waals surface area (Å²) in [6.45, 7) is 7.31. The van der Waals surface area contributed by atoms with Crippen molar-refractivity contribution in [3.63, 3.8) is 0 Å². The van der Waals surface area contributed by atoms with Crippen molar-refractivity contribution in [2.24, 2.45) is 0 Å². The zero-order chi connectivity index (χ0) is 17.6. The minimum Gasteiger partial charge on any atom is -0.322 e. The van der Waals surface area contributed by atoms with Crippen LogP contribution in [0.3, 0.4) is 0 Å². The van der Waals surface area contributed by atoms with Crippen LogP contribution in [0.4, 0.5) is 5.69 Å². The van der Waals surface area contributed by atoms with Crippen molar-refractivity contribution in [1.29, 1.82) is 0 Å². The molecule has 2 aromatic rings. The van der Waals surface area contributed by atoms with E-state index in [2.05, 4.69) is 35.6 Å². The molecule has 0 bridgehead atoms. The van der Waals surface area contributed by atoms with Crippen LogP contribution in [0.5, 0.6) is 0 Å². The van der Waals surface area contributed by atoms with Crippen molar-refractivity contribution in [3.8, 4) is 0 Å². The Kier molecular flexibility index (Phi) is 6.08. The Morgan fingerprint density at radius 2 is 1.80 bits per heavy atom. The molecule has 1 aliphatic rings. The number of amides is 1. The minimum atomic E-state index is -0.0581. The molecule has 1 heterocycles. The monoisotopic (exact) mass is 359 g/mol. The third kappa shape index (κ3) is 5.05. The third-order valence-electron chi connectivity index (χ3n) is 4.99. The predicted octanol–water partition coefficient (Wildman–Crippen LogP) is 0.651. The van der Waals surface area contributed by atoms with Gasteiger partial charge >= 0.3 is 0 Å². The molecule has 1 fully saturated rings. The Hall–Kier alpha value is -1.88. The van der Waals surface area contributed by atoms with E-state index in [9.17, 15) is 4.79 Å². The van der Waals surface area contributed by atoms with Crippen LogP contribution in [-0.2, 0) is 11.3 Å². The Labute approximate surface area is 154 Å². The number of hydrogen-bond acceptors (Lipinski definition) is 1. The quantitative estimate of drug-likeness (QED) is 0.720. The number of carbonyl (C=O) groups excluding carboxylic acids is 1. The van der Waals surface area contributed by atoms with Crippen molar-refractivity contribution < 1.29 is 14.6 Å². The van der Waals surface area contributed by atoms with Gasteiger partial charge in [-0.1, -0.05) is 48.0 Å². The van der Waals surface area contributed by atoms with E-state index in [-0.39, 0.29) is 11.9 Å². The number of hydrogen-bond donors (Lipinski definition) is 3. The van der Waals surface area contributed by atoms with E-state index in [1.54, 1.807) is 17.0 Å². The maximum absolute atomic E-state index is 12.5. The van der Waals surface area contributed by atoms with Crippen LogP contribution >= 0.6 is 11.6 Å². The van der Waals surface area contributed by atoms with E-state index in [1.807, 2.05) is 19.1 Å². The Morgan fingerprint density at radius 3 is 2.48 bits per heavy atom. The minimum absolute atomic E-state index is 0.0581. The fourth-order valence-electron chi connectivity index (χ4n) is 3.42. The summed E-state index contributed by atoms with van der Waals surface area (Å²) in [5, 5.41) is 3.61. The summed E-state index contributed by atoms with van der Waals surface area (Å²) in [4.78, 5) is 15.5. The number of nitrogens with one attached hydrogen (secondary N) is 3. The predicted molar refractivity (Wildman–Crippen MR) is 101 cm³/mol. The van der Waals surface area contributed by atoms with Gasteiger partial charge < -0.3 is 15.1 Å². The van der Waals surface area contributed by atoms with Crippen molar-refractivity contribution in [2.75, 3.05) is 31.5 Å². The lowest BCUT2D eigenvalue weighted by atomic mass is 10.1. The number of carbonyl (C=O) groups is 1. The first-order chi connectivity index (χ1) is 12.1. The van der Waals surface area contributed by atoms with Crippen LogP contribution in [-0.4, -0.2) is 38.1 Å². The van der Waals surface area contributed by atoms with E-state index in [0.29, 0.717) is 5.02 Å². The van der Waals surface area contributed by atoms with Gasteiger partial charge in [-0.15, -0.1) is 0 Å². The standard InChI is InChI=1S/C20H24ClN3O/c1-16(20(25)22-19-9-5-8-18(21)14-19)24-12-10-23(11-13-24)15-17-6-3-2-4-7-17/h2-9,14,16H,10-13,15H2,1H3,(H,22,25)/p+2/t16-/m0/s1. The summed E-state index contributed by atoms with van der Waals surface area (Å²) < 4.78 is 0. The molecule has 4 nitrogen and oxygen atoms in total. The maximum Gasteiger partial charge on any atom is 0.282 e. The molecule has 0 spiro atoms. The van der Waals surface area contributed by atoms with Crippen molar-refractivity contribution in [3.05, 3.63) is 65.2 Å². The van der Waals surface area contributed by atoms with Crippen molar-refractivity contribution >= 4 is 23.2 Å². The summed E-state index contributed by atoms with van der Waals surface area (Å²) in [6, 6.07) is 17.9. The van der Waals surface area contributed by atoms with Crippen LogP contribution in [0.15, 0.2) is 54.6 Å². The highest BCUT2D eigenvalue weighted by Crippen LogP contribution is 2.14. The van der Waals surface area contributed by atoms with Crippen LogP contribution in [0.1, 0.15) is 12.5 Å². The average molecular weight is 360 g/mol. The van der Waals surface area contributed by atoms with Gasteiger partial charge in [0.25, 0.3) is 5.91 Å². The molecular formula is C20H26ClN3O+2. The first kappa shape index (κ1) is 17.9. The summed E-state index contributed by atoms with van der Waals surface area (Å²) in [6.07, 6.45) is 0. The number of halogens is 1. The van der Waals surface area contributed by atoms with Crippen LogP contribution in [0, 0.1) is 0 Å². The van der Waals surface area contributed by atoms with Crippen LogP contribution in [0.2, 0.25) is 5.02 Å². The highest BCUT2D eigenvalue weighted by atomic mass is 35.5. The molecule has 3 rings (SSSR count). The van der Waals surface area contributed by atoms with E-state index >= 15 is 0 Å². The molecule has 0 radical (unpaired) electrons. The Balaban J connectivity index is 1.49. The molecule has 1 atom stereocenters. The molecule has 3 N–H and O–H groups in total. The van der Waals surface area contributed by atoms with Gasteiger partial charge in [-0.3, -0.25) is 4.79 Å². The molecule has 0 saturated carbocycles. The fraction of sp³-hybridized carbons (Fsp3) is 0.350. The first-order valence-corrected chi connectivity index (χ1v) is 9.28. The molecule has 1 aliphatic heterocycles. The smallest absolute Gasteiger partial charge is 0.282 e. The van der Waals surface area contributed by atoms with Gasteiger partial charge in [-0.2, -0.15) is 0 Å². The molecule has 5 heteroatoms. The second-order valence-electron chi connectivity index (χ2n) is 6.79. The zero-order valence-corrected chi connectivity index (χ0v) is 15.4. The Bertz CT molecular complexity index is 699. The lowest BCUT2D eigenvalue weighted by Crippen LogP contribution is -3.29. The third-order valence-corrected chi connectivity index (χ3v) is 5.23. The second-order valence-corrected chi connectivity index (χ2v) is 7.23. The Morgan fingerprint density at radius 1 is 1.08 bits per heavy atom. The lowest BCUT2D eigenvalue weighted by molar-refractivity contribution is -1.02. The van der Waals surface area contributed by atoms with Gasteiger partial charge in [0, 0.05) is 16.3 Å². The number of anilines is 1. The number of piperazine rings is 1. The highest BCUT2D eigenvalue weighted by Gasteiger charge is 2.31. The van der Waals surface area contributed by atoms with Gasteiger partial charge in [-0.25, -0.2) is 0 Å². The number of rotatable bonds is 5. The van der Waals surface area contributed by atoms with Crippen LogP contribution in [0.25, 0.3) is 0 Å². The van der Waals surface area contributed by atoms with Gasteiger partial charge in [0.2, 0.25) is 0 Å². The lowest BCUT2D eigenvalue weighted by Gasteiger charge is -2.32.